The minimum atomic E-state index is 0. The molecule has 4 aromatic rings. The number of rotatable bonds is 14. The molecule has 5 rings (SSSR count). The number of nitrogens with zero attached hydrogens (tertiary/aromatic N) is 3. The van der Waals surface area contributed by atoms with E-state index in [-0.39, 0.29) is 17.0 Å². The molecule has 0 unspecified atom stereocenters. The van der Waals surface area contributed by atoms with E-state index < -0.39 is 0 Å². The summed E-state index contributed by atoms with van der Waals surface area (Å²) in [4.78, 5) is 2.10. The largest absolute Gasteiger partial charge is 1.00 e. The highest BCUT2D eigenvalue weighted by atomic mass is 79.9. The van der Waals surface area contributed by atoms with Crippen LogP contribution >= 0.6 is 23.6 Å². The quantitative estimate of drug-likeness (QED) is 0.0490. The van der Waals surface area contributed by atoms with Crippen LogP contribution in [0.3, 0.4) is 0 Å². The van der Waals surface area contributed by atoms with Gasteiger partial charge in [0.2, 0.25) is 11.5 Å². The Labute approximate surface area is 284 Å². The van der Waals surface area contributed by atoms with Crippen molar-refractivity contribution >= 4 is 46.5 Å². The predicted octanol–water partition coefficient (Wildman–Crippen LogP) is 3.94. The van der Waals surface area contributed by atoms with Crippen LogP contribution in [-0.4, -0.2) is 44.5 Å². The van der Waals surface area contributed by atoms with E-state index >= 15 is 0 Å². The van der Waals surface area contributed by atoms with Crippen LogP contribution in [-0.2, 0) is 15.9 Å². The van der Waals surface area contributed by atoms with Crippen LogP contribution < -0.4 is 36.4 Å². The molecule has 0 bridgehead atoms. The number of oxazole rings is 1. The first kappa shape index (κ1) is 35.0. The SMILES string of the molecule is CCC(=Cc1oc2ccc(-c3ccccc3)cc2[n+]1CCC[N+](C)(C)C)C=C1Oc2ccc(Cl)cc2N1CCCSOO[O-].[Br-]. The number of aromatic nitrogens is 1. The Morgan fingerprint density at radius 2 is 1.84 bits per heavy atom. The van der Waals surface area contributed by atoms with E-state index in [1.54, 1.807) is 0 Å². The summed E-state index contributed by atoms with van der Waals surface area (Å²) < 4.78 is 20.4. The number of anilines is 1. The number of fused-ring (bicyclic) bond motifs is 2. The van der Waals surface area contributed by atoms with Gasteiger partial charge in [0.1, 0.15) is 0 Å². The van der Waals surface area contributed by atoms with Gasteiger partial charge in [0.05, 0.1) is 45.9 Å². The van der Waals surface area contributed by atoms with Gasteiger partial charge in [-0.05, 0) is 53.8 Å². The van der Waals surface area contributed by atoms with Crippen molar-refractivity contribution in [1.29, 1.82) is 0 Å². The third-order valence-electron chi connectivity index (χ3n) is 7.45. The molecule has 1 aliphatic heterocycles. The molecule has 1 aliphatic rings. The molecule has 0 amide bonds. The number of hydrogen-bond donors (Lipinski definition) is 0. The lowest BCUT2D eigenvalue weighted by Crippen LogP contribution is -3.00. The Balaban J connectivity index is 0.00000461. The number of quaternary nitrogens is 1. The molecule has 45 heavy (non-hydrogen) atoms. The van der Waals surface area contributed by atoms with Gasteiger partial charge >= 0.3 is 5.89 Å². The molecule has 0 saturated carbocycles. The van der Waals surface area contributed by atoms with Gasteiger partial charge in [0.25, 0.3) is 5.52 Å². The van der Waals surface area contributed by atoms with Gasteiger partial charge in [-0.3, -0.25) is 5.04 Å². The van der Waals surface area contributed by atoms with Gasteiger partial charge < -0.3 is 40.8 Å². The Hall–Kier alpha value is -2.83. The molecule has 2 heterocycles. The summed E-state index contributed by atoms with van der Waals surface area (Å²) in [5, 5.41) is 14.3. The Bertz CT molecular complexity index is 1640. The third-order valence-corrected chi connectivity index (χ3v) is 8.29. The van der Waals surface area contributed by atoms with Crippen LogP contribution in [0.25, 0.3) is 28.3 Å². The van der Waals surface area contributed by atoms with Crippen molar-refractivity contribution in [2.24, 2.45) is 0 Å². The molecule has 0 saturated heterocycles. The number of ether oxygens (including phenoxy) is 1. The fourth-order valence-corrected chi connectivity index (χ4v) is 5.78. The normalized spacial score (nSPS) is 14.1. The first-order valence-electron chi connectivity index (χ1n) is 14.8. The van der Waals surface area contributed by atoms with Gasteiger partial charge in [-0.2, -0.15) is 8.90 Å². The second kappa shape index (κ2) is 16.1. The lowest BCUT2D eigenvalue weighted by atomic mass is 10.1. The van der Waals surface area contributed by atoms with Gasteiger partial charge in [-0.25, -0.2) is 0 Å². The van der Waals surface area contributed by atoms with Gasteiger partial charge in [0.15, 0.2) is 12.3 Å². The Morgan fingerprint density at radius 1 is 1.04 bits per heavy atom. The molecule has 1 aromatic heterocycles. The van der Waals surface area contributed by atoms with Crippen LogP contribution in [0, 0.1) is 0 Å². The van der Waals surface area contributed by atoms with Gasteiger partial charge in [-0.1, -0.05) is 54.9 Å². The fourth-order valence-electron chi connectivity index (χ4n) is 5.26. The van der Waals surface area contributed by atoms with Crippen LogP contribution in [0.2, 0.25) is 5.02 Å². The van der Waals surface area contributed by atoms with Crippen LogP contribution in [0.15, 0.2) is 88.7 Å². The van der Waals surface area contributed by atoms with E-state index in [2.05, 4.69) is 102 Å². The van der Waals surface area contributed by atoms with Crippen molar-refractivity contribution in [2.75, 3.05) is 44.9 Å². The Kier molecular flexibility index (Phi) is 12.6. The van der Waals surface area contributed by atoms with E-state index in [0.717, 1.165) is 88.4 Å². The van der Waals surface area contributed by atoms with Crippen LogP contribution in [0.5, 0.6) is 5.75 Å². The summed E-state index contributed by atoms with van der Waals surface area (Å²) in [5.74, 6) is 2.84. The molecule has 11 heteroatoms. The van der Waals surface area contributed by atoms with Gasteiger partial charge in [0, 0.05) is 41.5 Å². The molecule has 240 valence electrons. The molecule has 0 fully saturated rings. The highest BCUT2D eigenvalue weighted by molar-refractivity contribution is 7.94. The molecular formula is C34H39BrClN3O5S. The van der Waals surface area contributed by atoms with E-state index in [1.807, 2.05) is 24.3 Å². The van der Waals surface area contributed by atoms with Crippen LogP contribution in [0.4, 0.5) is 5.69 Å². The molecule has 0 aliphatic carbocycles. The third kappa shape index (κ3) is 9.13. The summed E-state index contributed by atoms with van der Waals surface area (Å²) in [6, 6.07) is 22.4. The number of benzene rings is 3. The lowest BCUT2D eigenvalue weighted by molar-refractivity contribution is -0.873. The fraction of sp³-hybridized carbons (Fsp3) is 0.324. The predicted molar refractivity (Wildman–Crippen MR) is 174 cm³/mol. The topological polar surface area (TPSA) is 71.0 Å². The van der Waals surface area contributed by atoms with E-state index in [1.165, 1.54) is 5.56 Å². The maximum absolute atomic E-state index is 10.2. The second-order valence-electron chi connectivity index (χ2n) is 11.7. The van der Waals surface area contributed by atoms with Crippen molar-refractivity contribution in [1.82, 2.24) is 0 Å². The van der Waals surface area contributed by atoms with Crippen molar-refractivity contribution in [2.45, 2.75) is 32.7 Å². The minimum Gasteiger partial charge on any atom is -1.00 e. The summed E-state index contributed by atoms with van der Waals surface area (Å²) >= 11 is 7.33. The van der Waals surface area contributed by atoms with Crippen molar-refractivity contribution in [3.05, 3.63) is 95.2 Å². The number of allylic oxidation sites excluding steroid dienone is 2. The molecule has 3 aromatic carbocycles. The summed E-state index contributed by atoms with van der Waals surface area (Å²) in [6.07, 6.45) is 6.69. The standard InChI is InChI=1S/C34H39ClN3O5S.BrH/c1-5-25(22-34-37(18-10-20-44-43-42-39)30-24-28(35)14-16-32(30)41-34)21-33-36(17-9-19-38(2,3)4)29-23-27(13-15-31(29)40-33)26-11-7-6-8-12-26;/h6-8,11-16,21-24H,5,9-10,17-20H2,1-4H3;1H/q+1;/p-1. The van der Waals surface area contributed by atoms with Gasteiger partial charge in [-0.15, -0.1) is 0 Å². The first-order chi connectivity index (χ1) is 21.3. The zero-order valence-corrected chi connectivity index (χ0v) is 29.2. The molecule has 0 radical (unpaired) electrons. The molecular weight excluding hydrogens is 678 g/mol. The monoisotopic (exact) mass is 715 g/mol. The lowest BCUT2D eigenvalue weighted by Gasteiger charge is -2.22. The number of hydrogen-bond acceptors (Lipinski definition) is 7. The number of halogens is 2. The molecule has 0 N–H and O–H groups in total. The van der Waals surface area contributed by atoms with Crippen LogP contribution in [0.1, 0.15) is 32.1 Å². The zero-order valence-electron chi connectivity index (χ0n) is 26.0. The summed E-state index contributed by atoms with van der Waals surface area (Å²) in [7, 11) is 6.65. The molecule has 0 spiro atoms. The maximum Gasteiger partial charge on any atom is 0.374 e. The smallest absolute Gasteiger partial charge is 0.374 e. The maximum atomic E-state index is 10.2. The molecule has 0 atom stereocenters. The minimum absolute atomic E-state index is 0. The average molecular weight is 717 g/mol. The first-order valence-corrected chi connectivity index (χ1v) is 16.1. The summed E-state index contributed by atoms with van der Waals surface area (Å²) in [6.45, 7) is 4.64. The highest BCUT2D eigenvalue weighted by Crippen LogP contribution is 2.41. The zero-order chi connectivity index (χ0) is 31.1. The Morgan fingerprint density at radius 3 is 2.58 bits per heavy atom. The van der Waals surface area contributed by atoms with E-state index in [4.69, 9.17) is 20.8 Å². The van der Waals surface area contributed by atoms with Crippen molar-refractivity contribution < 1.29 is 49.8 Å². The van der Waals surface area contributed by atoms with E-state index in [0.29, 0.717) is 23.2 Å². The van der Waals surface area contributed by atoms with E-state index in [9.17, 15) is 5.26 Å². The van der Waals surface area contributed by atoms with Crippen molar-refractivity contribution in [3.63, 3.8) is 0 Å². The summed E-state index contributed by atoms with van der Waals surface area (Å²) in [5.41, 5.74) is 6.22. The number of aryl methyl sites for hydroxylation is 1. The highest BCUT2D eigenvalue weighted by Gasteiger charge is 2.28. The van der Waals surface area contributed by atoms with Crippen molar-refractivity contribution in [3.8, 4) is 16.9 Å². The second-order valence-corrected chi connectivity index (χ2v) is 13.0. The molecule has 8 nitrogen and oxygen atoms in total. The average Bonchev–Trinajstić information content (AvgIpc) is 3.52.